The van der Waals surface area contributed by atoms with E-state index in [4.69, 9.17) is 4.74 Å². The van der Waals surface area contributed by atoms with E-state index in [1.54, 1.807) is 0 Å². The molecule has 0 fully saturated rings. The summed E-state index contributed by atoms with van der Waals surface area (Å²) in [6, 6.07) is 19.9. The molecule has 0 heterocycles. The summed E-state index contributed by atoms with van der Waals surface area (Å²) >= 11 is 0. The molecule has 0 bridgehead atoms. The third kappa shape index (κ3) is 5.63. The summed E-state index contributed by atoms with van der Waals surface area (Å²) in [6.07, 6.45) is 6.09. The summed E-state index contributed by atoms with van der Waals surface area (Å²) in [6.45, 7) is 2.96. The fourth-order valence-electron chi connectivity index (χ4n) is 3.44. The van der Waals surface area contributed by atoms with Crippen molar-refractivity contribution >= 4 is 5.97 Å². The molecule has 0 saturated heterocycles. The number of benzene rings is 3. The summed E-state index contributed by atoms with van der Waals surface area (Å²) in [5.74, 6) is -0.105. The van der Waals surface area contributed by atoms with Gasteiger partial charge in [-0.3, -0.25) is 0 Å². The number of hydrogen-bond donors (Lipinski definition) is 2. The Balaban J connectivity index is 1.66. The summed E-state index contributed by atoms with van der Waals surface area (Å²) in [4.78, 5) is 11.5. The Labute approximate surface area is 177 Å². The number of hydrogen-bond acceptors (Lipinski definition) is 3. The Hall–Kier alpha value is -3.27. The van der Waals surface area contributed by atoms with Gasteiger partial charge in [0.1, 0.15) is 11.5 Å². The smallest absolute Gasteiger partial charge is 0.336 e. The Kier molecular flexibility index (Phi) is 7.50. The Morgan fingerprint density at radius 1 is 0.800 bits per heavy atom. The third-order valence-corrected chi connectivity index (χ3v) is 5.13. The largest absolute Gasteiger partial charge is 0.508 e. The average Bonchev–Trinajstić information content (AvgIpc) is 2.76. The molecule has 30 heavy (non-hydrogen) atoms. The molecular weight excluding hydrogens is 376 g/mol. The van der Waals surface area contributed by atoms with E-state index in [2.05, 4.69) is 6.92 Å². The van der Waals surface area contributed by atoms with E-state index in [0.717, 1.165) is 35.5 Å². The summed E-state index contributed by atoms with van der Waals surface area (Å²) in [7, 11) is 0. The van der Waals surface area contributed by atoms with Crippen LogP contribution >= 0.6 is 0 Å². The maximum atomic E-state index is 11.5. The second-order valence-electron chi connectivity index (χ2n) is 7.40. The van der Waals surface area contributed by atoms with Crippen molar-refractivity contribution in [2.75, 3.05) is 6.61 Å². The molecule has 3 rings (SSSR count). The first kappa shape index (κ1) is 21.4. The van der Waals surface area contributed by atoms with Crippen LogP contribution < -0.4 is 4.74 Å². The lowest BCUT2D eigenvalue weighted by Crippen LogP contribution is -1.99. The van der Waals surface area contributed by atoms with E-state index in [-0.39, 0.29) is 11.3 Å². The van der Waals surface area contributed by atoms with Crippen molar-refractivity contribution in [1.29, 1.82) is 0 Å². The first-order valence-electron chi connectivity index (χ1n) is 10.5. The summed E-state index contributed by atoms with van der Waals surface area (Å²) in [5, 5.41) is 19.1. The molecule has 0 unspecified atom stereocenters. The molecular formula is C26H28O4. The number of aromatic hydroxyl groups is 1. The molecule has 0 aliphatic rings. The van der Waals surface area contributed by atoms with Gasteiger partial charge in [-0.1, -0.05) is 69.0 Å². The minimum atomic E-state index is -1.02. The second-order valence-corrected chi connectivity index (χ2v) is 7.40. The minimum absolute atomic E-state index is 0.0417. The molecule has 4 heteroatoms. The summed E-state index contributed by atoms with van der Waals surface area (Å²) in [5.41, 5.74) is 3.50. The zero-order chi connectivity index (χ0) is 21.3. The summed E-state index contributed by atoms with van der Waals surface area (Å²) < 4.78 is 5.82. The van der Waals surface area contributed by atoms with Gasteiger partial charge >= 0.3 is 5.97 Å². The van der Waals surface area contributed by atoms with Gasteiger partial charge in [-0.15, -0.1) is 0 Å². The molecule has 0 amide bonds. The SMILES string of the molecule is CCCCCCCOc1ccc(-c2ccc(-c3cc(O)ccc3C(=O)O)cc2)cc1. The maximum absolute atomic E-state index is 11.5. The van der Waals surface area contributed by atoms with Gasteiger partial charge in [0.15, 0.2) is 0 Å². The van der Waals surface area contributed by atoms with Gasteiger partial charge in [-0.05, 0) is 59.0 Å². The molecule has 0 atom stereocenters. The van der Waals surface area contributed by atoms with E-state index in [1.807, 2.05) is 48.5 Å². The molecule has 3 aromatic rings. The fourth-order valence-corrected chi connectivity index (χ4v) is 3.44. The van der Waals surface area contributed by atoms with Crippen LogP contribution in [0.4, 0.5) is 0 Å². The number of carboxylic acids is 1. The molecule has 0 aliphatic heterocycles. The topological polar surface area (TPSA) is 66.8 Å². The van der Waals surface area contributed by atoms with Crippen LogP contribution in [0.5, 0.6) is 11.5 Å². The average molecular weight is 405 g/mol. The number of unbranched alkanes of at least 4 members (excludes halogenated alkanes) is 4. The second kappa shape index (κ2) is 10.5. The maximum Gasteiger partial charge on any atom is 0.336 e. The molecule has 0 aliphatic carbocycles. The first-order valence-corrected chi connectivity index (χ1v) is 10.5. The molecule has 4 nitrogen and oxygen atoms in total. The van der Waals surface area contributed by atoms with E-state index in [1.165, 1.54) is 43.9 Å². The number of carbonyl (C=O) groups is 1. The van der Waals surface area contributed by atoms with Crippen molar-refractivity contribution in [2.24, 2.45) is 0 Å². The molecule has 156 valence electrons. The number of aromatic carboxylic acids is 1. The van der Waals surface area contributed by atoms with E-state index in [9.17, 15) is 15.0 Å². The van der Waals surface area contributed by atoms with Gasteiger partial charge in [0.2, 0.25) is 0 Å². The van der Waals surface area contributed by atoms with Crippen LogP contribution in [0.2, 0.25) is 0 Å². The van der Waals surface area contributed by atoms with Gasteiger partial charge < -0.3 is 14.9 Å². The predicted molar refractivity (Wildman–Crippen MR) is 120 cm³/mol. The highest BCUT2D eigenvalue weighted by Gasteiger charge is 2.12. The molecule has 2 N–H and O–H groups in total. The van der Waals surface area contributed by atoms with Crippen LogP contribution in [0.15, 0.2) is 66.7 Å². The molecule has 3 aromatic carbocycles. The van der Waals surface area contributed by atoms with Crippen molar-refractivity contribution in [1.82, 2.24) is 0 Å². The van der Waals surface area contributed by atoms with Gasteiger partial charge in [0, 0.05) is 0 Å². The fraction of sp³-hybridized carbons (Fsp3) is 0.269. The van der Waals surface area contributed by atoms with Crippen LogP contribution in [-0.4, -0.2) is 22.8 Å². The van der Waals surface area contributed by atoms with E-state index in [0.29, 0.717) is 5.56 Å². The van der Waals surface area contributed by atoms with Crippen molar-refractivity contribution in [2.45, 2.75) is 39.0 Å². The van der Waals surface area contributed by atoms with Crippen molar-refractivity contribution in [3.8, 4) is 33.8 Å². The normalized spacial score (nSPS) is 10.7. The van der Waals surface area contributed by atoms with E-state index < -0.39 is 5.97 Å². The first-order chi connectivity index (χ1) is 14.6. The van der Waals surface area contributed by atoms with E-state index >= 15 is 0 Å². The highest BCUT2D eigenvalue weighted by Crippen LogP contribution is 2.30. The van der Waals surface area contributed by atoms with Crippen LogP contribution in [0.3, 0.4) is 0 Å². The van der Waals surface area contributed by atoms with Crippen LogP contribution in [0.1, 0.15) is 49.4 Å². The molecule has 0 saturated carbocycles. The van der Waals surface area contributed by atoms with Crippen molar-refractivity contribution < 1.29 is 19.7 Å². The molecule has 0 radical (unpaired) electrons. The quantitative estimate of drug-likeness (QED) is 0.366. The number of carboxylic acid groups (broad SMARTS) is 1. The van der Waals surface area contributed by atoms with Crippen LogP contribution in [0, 0.1) is 0 Å². The van der Waals surface area contributed by atoms with Crippen LogP contribution in [-0.2, 0) is 0 Å². The Bertz CT molecular complexity index is 959. The third-order valence-electron chi connectivity index (χ3n) is 5.13. The zero-order valence-electron chi connectivity index (χ0n) is 17.3. The lowest BCUT2D eigenvalue weighted by molar-refractivity contribution is 0.0697. The lowest BCUT2D eigenvalue weighted by Gasteiger charge is -2.10. The van der Waals surface area contributed by atoms with Crippen LogP contribution in [0.25, 0.3) is 22.3 Å². The molecule has 0 aromatic heterocycles. The Morgan fingerprint density at radius 3 is 2.03 bits per heavy atom. The Morgan fingerprint density at radius 2 is 1.40 bits per heavy atom. The number of ether oxygens (including phenoxy) is 1. The predicted octanol–water partition coefficient (Wildman–Crippen LogP) is 6.77. The van der Waals surface area contributed by atoms with Gasteiger partial charge in [-0.25, -0.2) is 4.79 Å². The van der Waals surface area contributed by atoms with Gasteiger partial charge in [-0.2, -0.15) is 0 Å². The molecule has 0 spiro atoms. The monoisotopic (exact) mass is 404 g/mol. The van der Waals surface area contributed by atoms with Gasteiger partial charge in [0.05, 0.1) is 12.2 Å². The minimum Gasteiger partial charge on any atom is -0.508 e. The highest BCUT2D eigenvalue weighted by atomic mass is 16.5. The highest BCUT2D eigenvalue weighted by molar-refractivity contribution is 5.96. The number of phenols is 1. The standard InChI is InChI=1S/C26H28O4/c1-2-3-4-5-6-17-30-23-14-11-20(12-15-23)19-7-9-21(10-8-19)25-18-22(27)13-16-24(25)26(28)29/h7-16,18,27H,2-6,17H2,1H3,(H,28,29). The van der Waals surface area contributed by atoms with Crippen molar-refractivity contribution in [3.05, 3.63) is 72.3 Å². The lowest BCUT2D eigenvalue weighted by atomic mass is 9.96. The van der Waals surface area contributed by atoms with Gasteiger partial charge in [0.25, 0.3) is 0 Å². The number of phenolic OH excluding ortho intramolecular Hbond substituents is 1. The zero-order valence-corrected chi connectivity index (χ0v) is 17.3. The number of rotatable bonds is 10. The van der Waals surface area contributed by atoms with Crippen molar-refractivity contribution in [3.63, 3.8) is 0 Å².